The second kappa shape index (κ2) is 5.22. The SMILES string of the molecule is CC(CO)S(=O)(=O)NC1CCN2CCCCC12. The van der Waals surface area contributed by atoms with E-state index in [1.165, 1.54) is 19.8 Å². The molecule has 0 aromatic carbocycles. The summed E-state index contributed by atoms with van der Waals surface area (Å²) in [7, 11) is -3.37. The fourth-order valence-corrected chi connectivity index (χ4v) is 3.94. The summed E-state index contributed by atoms with van der Waals surface area (Å²) in [6, 6.07) is 0.402. The highest BCUT2D eigenvalue weighted by Crippen LogP contribution is 2.27. The van der Waals surface area contributed by atoms with E-state index in [1.54, 1.807) is 0 Å². The van der Waals surface area contributed by atoms with Crippen LogP contribution < -0.4 is 4.72 Å². The molecule has 0 aromatic heterocycles. The van der Waals surface area contributed by atoms with E-state index in [9.17, 15) is 8.42 Å². The normalized spacial score (nSPS) is 32.4. The van der Waals surface area contributed by atoms with E-state index in [0.717, 1.165) is 25.9 Å². The van der Waals surface area contributed by atoms with Crippen molar-refractivity contribution in [1.29, 1.82) is 0 Å². The number of hydrogen-bond donors (Lipinski definition) is 2. The van der Waals surface area contributed by atoms with Gasteiger partial charge in [-0.3, -0.25) is 4.90 Å². The van der Waals surface area contributed by atoms with Crippen LogP contribution >= 0.6 is 0 Å². The van der Waals surface area contributed by atoms with Gasteiger partial charge in [-0.2, -0.15) is 0 Å². The average molecular weight is 262 g/mol. The summed E-state index contributed by atoms with van der Waals surface area (Å²) in [6.07, 6.45) is 4.39. The molecule has 0 saturated carbocycles. The molecule has 0 spiro atoms. The van der Waals surface area contributed by atoms with E-state index in [2.05, 4.69) is 9.62 Å². The maximum Gasteiger partial charge on any atom is 0.216 e. The predicted molar refractivity (Wildman–Crippen MR) is 66.2 cm³/mol. The highest BCUT2D eigenvalue weighted by atomic mass is 32.2. The summed E-state index contributed by atoms with van der Waals surface area (Å²) in [4.78, 5) is 2.39. The molecular formula is C11H22N2O3S. The molecule has 100 valence electrons. The van der Waals surface area contributed by atoms with Crippen LogP contribution in [0.2, 0.25) is 0 Å². The summed E-state index contributed by atoms with van der Waals surface area (Å²) in [5.74, 6) is 0. The first-order chi connectivity index (χ1) is 8.04. The smallest absolute Gasteiger partial charge is 0.216 e. The lowest BCUT2D eigenvalue weighted by molar-refractivity contribution is 0.186. The first-order valence-electron chi connectivity index (χ1n) is 6.40. The number of sulfonamides is 1. The molecule has 6 heteroatoms. The number of nitrogens with one attached hydrogen (secondary N) is 1. The van der Waals surface area contributed by atoms with Crippen molar-refractivity contribution in [2.24, 2.45) is 0 Å². The van der Waals surface area contributed by atoms with Gasteiger partial charge in [0.2, 0.25) is 10.0 Å². The lowest BCUT2D eigenvalue weighted by Gasteiger charge is -2.32. The number of hydrogen-bond acceptors (Lipinski definition) is 4. The van der Waals surface area contributed by atoms with Gasteiger partial charge in [0.15, 0.2) is 0 Å². The van der Waals surface area contributed by atoms with Crippen LogP contribution in [0.15, 0.2) is 0 Å². The second-order valence-corrected chi connectivity index (χ2v) is 7.28. The van der Waals surface area contributed by atoms with Crippen LogP contribution in [0, 0.1) is 0 Å². The van der Waals surface area contributed by atoms with Crippen LogP contribution in [0.25, 0.3) is 0 Å². The van der Waals surface area contributed by atoms with Crippen LogP contribution in [0.4, 0.5) is 0 Å². The van der Waals surface area contributed by atoms with Crippen LogP contribution in [0.3, 0.4) is 0 Å². The highest BCUT2D eigenvalue weighted by molar-refractivity contribution is 7.90. The minimum absolute atomic E-state index is 0.0364. The zero-order valence-electron chi connectivity index (χ0n) is 10.3. The fraction of sp³-hybridized carbons (Fsp3) is 1.00. The molecule has 5 nitrogen and oxygen atoms in total. The Labute approximate surface area is 103 Å². The molecule has 2 heterocycles. The monoisotopic (exact) mass is 262 g/mol. The Bertz CT molecular complexity index is 358. The minimum atomic E-state index is -3.37. The third-order valence-electron chi connectivity index (χ3n) is 3.96. The maximum atomic E-state index is 11.9. The van der Waals surface area contributed by atoms with Gasteiger partial charge in [-0.1, -0.05) is 6.42 Å². The van der Waals surface area contributed by atoms with Gasteiger partial charge in [0.1, 0.15) is 0 Å². The molecule has 0 aromatic rings. The van der Waals surface area contributed by atoms with Gasteiger partial charge in [0.05, 0.1) is 11.9 Å². The van der Waals surface area contributed by atoms with E-state index in [0.29, 0.717) is 6.04 Å². The summed E-state index contributed by atoms with van der Waals surface area (Å²) in [5, 5.41) is 8.23. The minimum Gasteiger partial charge on any atom is -0.395 e. The van der Waals surface area contributed by atoms with Crippen molar-refractivity contribution in [3.8, 4) is 0 Å². The van der Waals surface area contributed by atoms with E-state index in [1.807, 2.05) is 0 Å². The highest BCUT2D eigenvalue weighted by Gasteiger charge is 2.38. The van der Waals surface area contributed by atoms with Gasteiger partial charge in [0, 0.05) is 18.6 Å². The Morgan fingerprint density at radius 1 is 1.35 bits per heavy atom. The number of nitrogens with zero attached hydrogens (tertiary/aromatic N) is 1. The van der Waals surface area contributed by atoms with E-state index >= 15 is 0 Å². The van der Waals surface area contributed by atoms with Gasteiger partial charge in [-0.15, -0.1) is 0 Å². The van der Waals surface area contributed by atoms with Gasteiger partial charge in [-0.05, 0) is 32.7 Å². The van der Waals surface area contributed by atoms with Crippen molar-refractivity contribution in [3.05, 3.63) is 0 Å². The zero-order valence-corrected chi connectivity index (χ0v) is 11.1. The molecule has 2 N–H and O–H groups in total. The topological polar surface area (TPSA) is 69.6 Å². The van der Waals surface area contributed by atoms with Crippen molar-refractivity contribution < 1.29 is 13.5 Å². The molecule has 0 amide bonds. The number of aliphatic hydroxyl groups is 1. The van der Waals surface area contributed by atoms with E-state index in [4.69, 9.17) is 5.11 Å². The Kier molecular flexibility index (Phi) is 4.07. The molecule has 2 saturated heterocycles. The van der Waals surface area contributed by atoms with E-state index < -0.39 is 15.3 Å². The molecule has 2 rings (SSSR count). The first kappa shape index (κ1) is 13.3. The van der Waals surface area contributed by atoms with Crippen LogP contribution in [-0.4, -0.2) is 55.5 Å². The Morgan fingerprint density at radius 2 is 2.12 bits per heavy atom. The number of rotatable bonds is 4. The van der Waals surface area contributed by atoms with Gasteiger partial charge in [-0.25, -0.2) is 13.1 Å². The average Bonchev–Trinajstić information content (AvgIpc) is 2.71. The lowest BCUT2D eigenvalue weighted by atomic mass is 10.00. The molecule has 2 aliphatic heterocycles. The molecule has 0 aliphatic carbocycles. The van der Waals surface area contributed by atoms with Crippen molar-refractivity contribution in [1.82, 2.24) is 9.62 Å². The van der Waals surface area contributed by atoms with Crippen molar-refractivity contribution in [2.75, 3.05) is 19.7 Å². The molecule has 2 fully saturated rings. The first-order valence-corrected chi connectivity index (χ1v) is 7.95. The second-order valence-electron chi connectivity index (χ2n) is 5.15. The summed E-state index contributed by atoms with van der Waals surface area (Å²) >= 11 is 0. The standard InChI is InChI=1S/C11H22N2O3S/c1-9(8-14)17(15,16)12-10-5-7-13-6-3-2-4-11(10)13/h9-12,14H,2-8H2,1H3. The molecule has 17 heavy (non-hydrogen) atoms. The van der Waals surface area contributed by atoms with Crippen LogP contribution in [-0.2, 0) is 10.0 Å². The van der Waals surface area contributed by atoms with Crippen LogP contribution in [0.5, 0.6) is 0 Å². The summed E-state index contributed by atoms with van der Waals surface area (Å²) in [5.41, 5.74) is 0. The summed E-state index contributed by atoms with van der Waals surface area (Å²) < 4.78 is 26.6. The third-order valence-corrected chi connectivity index (χ3v) is 5.80. The van der Waals surface area contributed by atoms with Crippen molar-refractivity contribution >= 4 is 10.0 Å². The zero-order chi connectivity index (χ0) is 12.5. The van der Waals surface area contributed by atoms with E-state index in [-0.39, 0.29) is 12.6 Å². The quantitative estimate of drug-likeness (QED) is 0.743. The van der Waals surface area contributed by atoms with Gasteiger partial charge in [0.25, 0.3) is 0 Å². The van der Waals surface area contributed by atoms with Crippen molar-refractivity contribution in [2.45, 2.75) is 49.9 Å². The lowest BCUT2D eigenvalue weighted by Crippen LogP contribution is -2.49. The Morgan fingerprint density at radius 3 is 2.82 bits per heavy atom. The maximum absolute atomic E-state index is 11.9. The van der Waals surface area contributed by atoms with Gasteiger partial charge < -0.3 is 5.11 Å². The molecule has 2 aliphatic rings. The number of fused-ring (bicyclic) bond motifs is 1. The van der Waals surface area contributed by atoms with Crippen LogP contribution in [0.1, 0.15) is 32.6 Å². The molecule has 3 unspecified atom stereocenters. The molecular weight excluding hydrogens is 240 g/mol. The molecule has 0 bridgehead atoms. The molecule has 0 radical (unpaired) electrons. The predicted octanol–water partition coefficient (Wildman–Crippen LogP) is -0.0866. The summed E-state index contributed by atoms with van der Waals surface area (Å²) in [6.45, 7) is 3.30. The fourth-order valence-electron chi connectivity index (χ4n) is 2.81. The van der Waals surface area contributed by atoms with Crippen molar-refractivity contribution in [3.63, 3.8) is 0 Å². The third kappa shape index (κ3) is 2.81. The Hall–Kier alpha value is -0.170. The Balaban J connectivity index is 2.00. The number of piperidine rings is 1. The molecule has 3 atom stereocenters. The largest absolute Gasteiger partial charge is 0.395 e. The number of aliphatic hydroxyl groups excluding tert-OH is 1. The van der Waals surface area contributed by atoms with Gasteiger partial charge >= 0.3 is 0 Å².